The lowest BCUT2D eigenvalue weighted by Crippen LogP contribution is -2.45. The van der Waals surface area contributed by atoms with Gasteiger partial charge in [0.25, 0.3) is 0 Å². The predicted octanol–water partition coefficient (Wildman–Crippen LogP) is 4.43. The zero-order valence-corrected chi connectivity index (χ0v) is 19.8. The fraction of sp³-hybridized carbons (Fsp3) is 0.120. The number of aromatic nitrogens is 1. The van der Waals surface area contributed by atoms with Gasteiger partial charge in [0.15, 0.2) is 0 Å². The number of methoxy groups -OCH3 is 1. The molecule has 1 amide bonds. The summed E-state index contributed by atoms with van der Waals surface area (Å²) < 4.78 is 34.7. The molecule has 0 spiro atoms. The molecule has 0 aliphatic heterocycles. The smallest absolute Gasteiger partial charge is 0.243 e. The van der Waals surface area contributed by atoms with E-state index in [9.17, 15) is 13.2 Å². The molecule has 174 valence electrons. The number of halogens is 1. The van der Waals surface area contributed by atoms with Crippen molar-refractivity contribution in [1.29, 1.82) is 0 Å². The number of benzene rings is 3. The van der Waals surface area contributed by atoms with Gasteiger partial charge in [-0.15, -0.1) is 0 Å². The molecule has 0 radical (unpaired) electrons. The quantitative estimate of drug-likeness (QED) is 0.377. The number of anilines is 1. The molecule has 0 aliphatic carbocycles. The van der Waals surface area contributed by atoms with E-state index in [0.717, 1.165) is 5.56 Å². The fourth-order valence-corrected chi connectivity index (χ4v) is 5.13. The molecule has 0 saturated carbocycles. The minimum absolute atomic E-state index is 0.00297. The van der Waals surface area contributed by atoms with Gasteiger partial charge in [-0.3, -0.25) is 9.78 Å². The van der Waals surface area contributed by atoms with Crippen LogP contribution in [0.25, 0.3) is 10.9 Å². The van der Waals surface area contributed by atoms with Crippen LogP contribution in [-0.4, -0.2) is 32.5 Å². The largest absolute Gasteiger partial charge is 0.495 e. The molecule has 1 atom stereocenters. The van der Waals surface area contributed by atoms with Gasteiger partial charge in [0.2, 0.25) is 15.9 Å². The summed E-state index contributed by atoms with van der Waals surface area (Å²) in [6, 6.07) is 21.2. The Balaban J connectivity index is 1.68. The van der Waals surface area contributed by atoms with Crippen molar-refractivity contribution >= 4 is 44.1 Å². The summed E-state index contributed by atoms with van der Waals surface area (Å²) in [7, 11) is -2.63. The molecule has 7 nitrogen and oxygen atoms in total. The van der Waals surface area contributed by atoms with Gasteiger partial charge in [0.1, 0.15) is 16.7 Å². The first-order chi connectivity index (χ1) is 16.4. The number of hydrogen-bond acceptors (Lipinski definition) is 5. The molecule has 1 heterocycles. The van der Waals surface area contributed by atoms with Crippen LogP contribution in [0.2, 0.25) is 5.02 Å². The second-order valence-corrected chi connectivity index (χ2v) is 9.65. The summed E-state index contributed by atoms with van der Waals surface area (Å²) in [5.74, 6) is -0.154. The first kappa shape index (κ1) is 23.7. The SMILES string of the molecule is COc1ccc(Cl)cc1NC(=O)[C@H](Cc1ccccc1)NS(=O)(=O)c1cccc2cccnc12. The molecule has 0 aliphatic rings. The van der Waals surface area contributed by atoms with E-state index < -0.39 is 22.0 Å². The van der Waals surface area contributed by atoms with Gasteiger partial charge in [0.05, 0.1) is 18.3 Å². The van der Waals surface area contributed by atoms with E-state index in [1.165, 1.54) is 19.4 Å². The van der Waals surface area contributed by atoms with Gasteiger partial charge in [-0.2, -0.15) is 4.72 Å². The first-order valence-electron chi connectivity index (χ1n) is 10.4. The van der Waals surface area contributed by atoms with Crippen molar-refractivity contribution < 1.29 is 17.9 Å². The summed E-state index contributed by atoms with van der Waals surface area (Å²) >= 11 is 6.08. The average molecular weight is 496 g/mol. The Bertz CT molecular complexity index is 1420. The number of amides is 1. The number of pyridine rings is 1. The van der Waals surface area contributed by atoms with Gasteiger partial charge in [-0.05, 0) is 42.3 Å². The Morgan fingerprint density at radius 3 is 2.56 bits per heavy atom. The van der Waals surface area contributed by atoms with Crippen LogP contribution in [0.15, 0.2) is 90.0 Å². The van der Waals surface area contributed by atoms with E-state index in [-0.39, 0.29) is 11.3 Å². The number of hydrogen-bond donors (Lipinski definition) is 2. The molecule has 2 N–H and O–H groups in total. The third kappa shape index (κ3) is 5.36. The van der Waals surface area contributed by atoms with E-state index in [0.29, 0.717) is 27.4 Å². The molecule has 0 unspecified atom stereocenters. The number of carbonyl (C=O) groups excluding carboxylic acids is 1. The van der Waals surface area contributed by atoms with Gasteiger partial charge in [-0.1, -0.05) is 60.1 Å². The minimum Gasteiger partial charge on any atom is -0.495 e. The summed E-state index contributed by atoms with van der Waals surface area (Å²) in [5, 5.41) is 3.82. The molecular weight excluding hydrogens is 474 g/mol. The highest BCUT2D eigenvalue weighted by Crippen LogP contribution is 2.28. The van der Waals surface area contributed by atoms with Crippen LogP contribution >= 0.6 is 11.6 Å². The van der Waals surface area contributed by atoms with E-state index in [1.807, 2.05) is 30.3 Å². The highest BCUT2D eigenvalue weighted by atomic mass is 35.5. The second-order valence-electron chi connectivity index (χ2n) is 7.53. The summed E-state index contributed by atoms with van der Waals surface area (Å²) in [4.78, 5) is 17.5. The second kappa shape index (κ2) is 10.2. The molecule has 0 saturated heterocycles. The first-order valence-corrected chi connectivity index (χ1v) is 12.3. The third-order valence-electron chi connectivity index (χ3n) is 5.20. The molecule has 9 heteroatoms. The van der Waals surface area contributed by atoms with Crippen molar-refractivity contribution in [1.82, 2.24) is 9.71 Å². The van der Waals surface area contributed by atoms with Crippen LogP contribution in [0.3, 0.4) is 0 Å². The van der Waals surface area contributed by atoms with Crippen LogP contribution in [0, 0.1) is 0 Å². The monoisotopic (exact) mass is 495 g/mol. The number of rotatable bonds is 8. The molecule has 3 aromatic carbocycles. The topological polar surface area (TPSA) is 97.4 Å². The van der Waals surface area contributed by atoms with Crippen molar-refractivity contribution in [2.24, 2.45) is 0 Å². The highest BCUT2D eigenvalue weighted by Gasteiger charge is 2.28. The predicted molar refractivity (Wildman–Crippen MR) is 133 cm³/mol. The molecule has 0 fully saturated rings. The standard InChI is InChI=1S/C25H22ClN3O4S/c1-33-22-13-12-19(26)16-20(22)28-25(30)21(15-17-7-3-2-4-8-17)29-34(31,32)23-11-5-9-18-10-6-14-27-24(18)23/h2-14,16,21,29H,15H2,1H3,(H,28,30)/t21-/m0/s1. The number of para-hydroxylation sites is 1. The Morgan fingerprint density at radius 1 is 1.03 bits per heavy atom. The van der Waals surface area contributed by atoms with Crippen LogP contribution < -0.4 is 14.8 Å². The van der Waals surface area contributed by atoms with Crippen LogP contribution in [0.5, 0.6) is 5.75 Å². The van der Waals surface area contributed by atoms with Gasteiger partial charge >= 0.3 is 0 Å². The molecule has 1 aromatic heterocycles. The summed E-state index contributed by atoms with van der Waals surface area (Å²) in [6.07, 6.45) is 1.66. The number of carbonyl (C=O) groups is 1. The molecule has 34 heavy (non-hydrogen) atoms. The van der Waals surface area contributed by atoms with Crippen molar-refractivity contribution in [3.63, 3.8) is 0 Å². The number of nitrogens with zero attached hydrogens (tertiary/aromatic N) is 1. The zero-order chi connectivity index (χ0) is 24.1. The van der Waals surface area contributed by atoms with Crippen LogP contribution in [0.4, 0.5) is 5.69 Å². The molecule has 0 bridgehead atoms. The Labute approximate surface area is 202 Å². The normalized spacial score (nSPS) is 12.3. The van der Waals surface area contributed by atoms with Gasteiger partial charge in [-0.25, -0.2) is 8.42 Å². The molecular formula is C25H22ClN3O4S. The van der Waals surface area contributed by atoms with E-state index in [2.05, 4.69) is 15.0 Å². The summed E-state index contributed by atoms with van der Waals surface area (Å²) in [5.41, 5.74) is 1.46. The number of ether oxygens (including phenoxy) is 1. The van der Waals surface area contributed by atoms with Crippen molar-refractivity contribution in [2.75, 3.05) is 12.4 Å². The van der Waals surface area contributed by atoms with E-state index >= 15 is 0 Å². The van der Waals surface area contributed by atoms with E-state index in [4.69, 9.17) is 16.3 Å². The van der Waals surface area contributed by atoms with Crippen LogP contribution in [0.1, 0.15) is 5.56 Å². The lowest BCUT2D eigenvalue weighted by atomic mass is 10.1. The maximum Gasteiger partial charge on any atom is 0.243 e. The van der Waals surface area contributed by atoms with Crippen molar-refractivity contribution in [3.8, 4) is 5.75 Å². The van der Waals surface area contributed by atoms with Gasteiger partial charge in [0, 0.05) is 16.6 Å². The molecule has 4 aromatic rings. The van der Waals surface area contributed by atoms with Crippen molar-refractivity contribution in [2.45, 2.75) is 17.4 Å². The van der Waals surface area contributed by atoms with Crippen molar-refractivity contribution in [3.05, 3.63) is 95.6 Å². The number of sulfonamides is 1. The number of nitrogens with one attached hydrogen (secondary N) is 2. The highest BCUT2D eigenvalue weighted by molar-refractivity contribution is 7.89. The lowest BCUT2D eigenvalue weighted by Gasteiger charge is -2.20. The molecule has 4 rings (SSSR count). The van der Waals surface area contributed by atoms with E-state index in [1.54, 1.807) is 42.5 Å². The maximum absolute atomic E-state index is 13.4. The average Bonchev–Trinajstić information content (AvgIpc) is 2.84. The Hall–Kier alpha value is -3.46. The van der Waals surface area contributed by atoms with Gasteiger partial charge < -0.3 is 10.1 Å². The van der Waals surface area contributed by atoms with Crippen LogP contribution in [-0.2, 0) is 21.2 Å². The summed E-state index contributed by atoms with van der Waals surface area (Å²) in [6.45, 7) is 0. The third-order valence-corrected chi connectivity index (χ3v) is 6.94. The Kier molecular flexibility index (Phi) is 7.12. The maximum atomic E-state index is 13.4. The zero-order valence-electron chi connectivity index (χ0n) is 18.2. The Morgan fingerprint density at radius 2 is 1.79 bits per heavy atom. The number of fused-ring (bicyclic) bond motifs is 1. The minimum atomic E-state index is -4.10. The lowest BCUT2D eigenvalue weighted by molar-refractivity contribution is -0.117. The fourth-order valence-electron chi connectivity index (χ4n) is 3.58.